The minimum Gasteiger partial charge on any atom is -0.358 e. The molecule has 2 heterocycles. The fraction of sp³-hybridized carbons (Fsp3) is 0.304. The first-order valence-corrected chi connectivity index (χ1v) is 11.3. The van der Waals surface area contributed by atoms with E-state index >= 15 is 0 Å². The van der Waals surface area contributed by atoms with E-state index in [4.69, 9.17) is 0 Å². The van der Waals surface area contributed by atoms with E-state index < -0.39 is 6.04 Å². The summed E-state index contributed by atoms with van der Waals surface area (Å²) >= 11 is 1.68. The molecule has 150 valence electrons. The maximum absolute atomic E-state index is 13.3. The van der Waals surface area contributed by atoms with Crippen molar-refractivity contribution in [3.05, 3.63) is 71.4 Å². The van der Waals surface area contributed by atoms with Gasteiger partial charge in [-0.25, -0.2) is 0 Å². The quantitative estimate of drug-likeness (QED) is 0.656. The Labute approximate surface area is 174 Å². The number of thioether (sulfide) groups is 1. The van der Waals surface area contributed by atoms with Crippen molar-refractivity contribution in [2.75, 3.05) is 18.6 Å². The zero-order chi connectivity index (χ0) is 20.2. The van der Waals surface area contributed by atoms with E-state index in [-0.39, 0.29) is 11.8 Å². The number of benzene rings is 2. The van der Waals surface area contributed by atoms with Crippen molar-refractivity contribution in [1.82, 2.24) is 15.2 Å². The summed E-state index contributed by atoms with van der Waals surface area (Å²) < 4.78 is 0. The highest BCUT2D eigenvalue weighted by Crippen LogP contribution is 2.28. The number of carbonyl (C=O) groups excluding carboxylic acids is 2. The fourth-order valence-electron chi connectivity index (χ4n) is 3.90. The second kappa shape index (κ2) is 8.74. The molecule has 1 aromatic heterocycles. The lowest BCUT2D eigenvalue weighted by molar-refractivity contribution is -0.134. The number of rotatable bonds is 6. The Morgan fingerprint density at radius 3 is 2.69 bits per heavy atom. The van der Waals surface area contributed by atoms with Crippen LogP contribution in [0.4, 0.5) is 0 Å². The summed E-state index contributed by atoms with van der Waals surface area (Å²) in [5.41, 5.74) is 4.09. The molecule has 1 aliphatic heterocycles. The summed E-state index contributed by atoms with van der Waals surface area (Å²) in [4.78, 5) is 31.3. The smallest absolute Gasteiger partial charge is 0.251 e. The molecular weight excluding hydrogens is 382 g/mol. The van der Waals surface area contributed by atoms with E-state index in [9.17, 15) is 9.59 Å². The first-order chi connectivity index (χ1) is 14.2. The van der Waals surface area contributed by atoms with Crippen LogP contribution < -0.4 is 5.32 Å². The number of carbonyl (C=O) groups is 2. The highest BCUT2D eigenvalue weighted by atomic mass is 32.2. The minimum absolute atomic E-state index is 0.000683. The highest BCUT2D eigenvalue weighted by Gasteiger charge is 2.30. The number of aromatic nitrogens is 1. The number of hydrogen-bond acceptors (Lipinski definition) is 3. The van der Waals surface area contributed by atoms with Gasteiger partial charge in [0.2, 0.25) is 5.91 Å². The molecule has 0 bridgehead atoms. The first-order valence-electron chi connectivity index (χ1n) is 9.89. The fourth-order valence-corrected chi connectivity index (χ4v) is 4.37. The predicted molar refractivity (Wildman–Crippen MR) is 118 cm³/mol. The molecule has 0 radical (unpaired) electrons. The standard InChI is InChI=1S/C23H25N3O2S/c1-29-14-12-21(25-22(27)16-7-3-2-4-8-16)23(28)26-13-11-20-18(15-26)17-9-5-6-10-19(17)24-20/h2-10,21,24H,11-15H2,1H3,(H,25,27). The van der Waals surface area contributed by atoms with Gasteiger partial charge in [0.25, 0.3) is 5.91 Å². The largest absolute Gasteiger partial charge is 0.358 e. The van der Waals surface area contributed by atoms with Gasteiger partial charge in [-0.15, -0.1) is 0 Å². The first kappa shape index (κ1) is 19.6. The summed E-state index contributed by atoms with van der Waals surface area (Å²) in [6.07, 6.45) is 3.44. The van der Waals surface area contributed by atoms with Crippen LogP contribution in [0.3, 0.4) is 0 Å². The Kier molecular flexibility index (Phi) is 5.90. The van der Waals surface area contributed by atoms with Crippen LogP contribution in [0.5, 0.6) is 0 Å². The Morgan fingerprint density at radius 2 is 1.90 bits per heavy atom. The summed E-state index contributed by atoms with van der Waals surface area (Å²) in [6, 6.07) is 16.8. The molecule has 6 heteroatoms. The lowest BCUT2D eigenvalue weighted by Crippen LogP contribution is -2.50. The van der Waals surface area contributed by atoms with Gasteiger partial charge < -0.3 is 15.2 Å². The zero-order valence-corrected chi connectivity index (χ0v) is 17.3. The lowest BCUT2D eigenvalue weighted by atomic mass is 10.0. The Bertz CT molecular complexity index is 1020. The molecule has 0 fully saturated rings. The number of para-hydroxylation sites is 1. The maximum Gasteiger partial charge on any atom is 0.251 e. The van der Waals surface area contributed by atoms with Crippen molar-refractivity contribution < 1.29 is 9.59 Å². The SMILES string of the molecule is CSCCC(NC(=O)c1ccccc1)C(=O)N1CCc2[nH]c3ccccc3c2C1. The molecule has 2 amide bonds. The monoisotopic (exact) mass is 407 g/mol. The molecule has 29 heavy (non-hydrogen) atoms. The van der Waals surface area contributed by atoms with Crippen LogP contribution in [0.2, 0.25) is 0 Å². The molecule has 0 aliphatic carbocycles. The molecule has 3 aromatic rings. The van der Waals surface area contributed by atoms with Crippen molar-refractivity contribution in [2.24, 2.45) is 0 Å². The van der Waals surface area contributed by atoms with Gasteiger partial charge >= 0.3 is 0 Å². The van der Waals surface area contributed by atoms with Crippen molar-refractivity contribution in [1.29, 1.82) is 0 Å². The predicted octanol–water partition coefficient (Wildman–Crippen LogP) is 3.60. The maximum atomic E-state index is 13.3. The highest BCUT2D eigenvalue weighted by molar-refractivity contribution is 7.98. The minimum atomic E-state index is -0.512. The normalized spacial score (nSPS) is 14.4. The summed E-state index contributed by atoms with van der Waals surface area (Å²) in [5.74, 6) is 0.617. The van der Waals surface area contributed by atoms with Gasteiger partial charge in [0.1, 0.15) is 6.04 Å². The van der Waals surface area contributed by atoms with E-state index in [0.29, 0.717) is 25.1 Å². The number of hydrogen-bond donors (Lipinski definition) is 2. The van der Waals surface area contributed by atoms with Gasteiger partial charge in [-0.1, -0.05) is 36.4 Å². The third-order valence-corrected chi connectivity index (χ3v) is 6.09. The van der Waals surface area contributed by atoms with Crippen LogP contribution in [0.1, 0.15) is 28.0 Å². The lowest BCUT2D eigenvalue weighted by Gasteiger charge is -2.31. The molecule has 0 saturated carbocycles. The number of fused-ring (bicyclic) bond motifs is 3. The summed E-state index contributed by atoms with van der Waals surface area (Å²) in [6.45, 7) is 1.24. The van der Waals surface area contributed by atoms with Gasteiger partial charge in [0.15, 0.2) is 0 Å². The number of nitrogens with one attached hydrogen (secondary N) is 2. The zero-order valence-electron chi connectivity index (χ0n) is 16.5. The number of nitrogens with zero attached hydrogens (tertiary/aromatic N) is 1. The molecule has 0 saturated heterocycles. The third kappa shape index (κ3) is 4.17. The second-order valence-corrected chi connectivity index (χ2v) is 8.30. The average molecular weight is 408 g/mol. The number of H-pyrrole nitrogens is 1. The van der Waals surface area contributed by atoms with Gasteiger partial charge in [-0.2, -0.15) is 11.8 Å². The van der Waals surface area contributed by atoms with E-state index in [2.05, 4.69) is 22.4 Å². The molecule has 1 atom stereocenters. The van der Waals surface area contributed by atoms with Gasteiger partial charge in [-0.3, -0.25) is 9.59 Å². The third-order valence-electron chi connectivity index (χ3n) is 5.44. The number of amides is 2. The van der Waals surface area contributed by atoms with Gasteiger partial charge in [0, 0.05) is 47.2 Å². The Hall–Kier alpha value is -2.73. The van der Waals surface area contributed by atoms with Crippen molar-refractivity contribution in [2.45, 2.75) is 25.4 Å². The van der Waals surface area contributed by atoms with Crippen LogP contribution in [0, 0.1) is 0 Å². The topological polar surface area (TPSA) is 65.2 Å². The van der Waals surface area contributed by atoms with Crippen molar-refractivity contribution >= 4 is 34.5 Å². The summed E-state index contributed by atoms with van der Waals surface area (Å²) in [5, 5.41) is 4.14. The van der Waals surface area contributed by atoms with Crippen LogP contribution in [0.15, 0.2) is 54.6 Å². The van der Waals surface area contributed by atoms with Crippen molar-refractivity contribution in [3.8, 4) is 0 Å². The van der Waals surface area contributed by atoms with Crippen LogP contribution >= 0.6 is 11.8 Å². The van der Waals surface area contributed by atoms with Crippen LogP contribution in [0.25, 0.3) is 10.9 Å². The van der Waals surface area contributed by atoms with E-state index in [1.807, 2.05) is 41.5 Å². The molecular formula is C23H25N3O2S. The molecule has 2 aromatic carbocycles. The van der Waals surface area contributed by atoms with Gasteiger partial charge in [-0.05, 0) is 36.6 Å². The molecule has 4 rings (SSSR count). The molecule has 1 aliphatic rings. The van der Waals surface area contributed by atoms with Crippen LogP contribution in [-0.2, 0) is 17.8 Å². The average Bonchev–Trinajstić information content (AvgIpc) is 3.14. The van der Waals surface area contributed by atoms with Gasteiger partial charge in [0.05, 0.1) is 0 Å². The summed E-state index contributed by atoms with van der Waals surface area (Å²) in [7, 11) is 0. The van der Waals surface area contributed by atoms with E-state index in [1.165, 1.54) is 16.6 Å². The van der Waals surface area contributed by atoms with E-state index in [0.717, 1.165) is 17.7 Å². The molecule has 1 unspecified atom stereocenters. The second-order valence-electron chi connectivity index (χ2n) is 7.31. The van der Waals surface area contributed by atoms with Crippen LogP contribution in [-0.4, -0.2) is 46.3 Å². The Morgan fingerprint density at radius 1 is 1.14 bits per heavy atom. The van der Waals surface area contributed by atoms with Crippen molar-refractivity contribution in [3.63, 3.8) is 0 Å². The van der Waals surface area contributed by atoms with E-state index in [1.54, 1.807) is 23.9 Å². The number of aromatic amines is 1. The molecule has 5 nitrogen and oxygen atoms in total. The molecule has 0 spiro atoms. The Balaban J connectivity index is 1.52. The molecule has 2 N–H and O–H groups in total.